The first kappa shape index (κ1) is 15.0. The van der Waals surface area contributed by atoms with Crippen LogP contribution in [0.1, 0.15) is 46.5 Å². The lowest BCUT2D eigenvalue weighted by Gasteiger charge is -2.31. The van der Waals surface area contributed by atoms with Crippen LogP contribution in [-0.4, -0.2) is 35.0 Å². The average molecular weight is 255 g/mol. The van der Waals surface area contributed by atoms with Gasteiger partial charge < -0.3 is 10.0 Å². The van der Waals surface area contributed by atoms with Crippen molar-refractivity contribution in [2.24, 2.45) is 17.8 Å². The van der Waals surface area contributed by atoms with Gasteiger partial charge in [-0.3, -0.25) is 9.59 Å². The Hall–Kier alpha value is -1.06. The molecule has 0 aliphatic carbocycles. The Bertz CT molecular complexity index is 301. The zero-order valence-electron chi connectivity index (χ0n) is 11.7. The van der Waals surface area contributed by atoms with Crippen LogP contribution < -0.4 is 0 Å². The highest BCUT2D eigenvalue weighted by atomic mass is 16.4. The maximum absolute atomic E-state index is 12.1. The molecule has 2 atom stereocenters. The number of aliphatic carboxylic acids is 1. The van der Waals surface area contributed by atoms with Gasteiger partial charge in [-0.1, -0.05) is 20.8 Å². The molecule has 1 aliphatic rings. The number of carboxylic acid groups (broad SMARTS) is 1. The summed E-state index contributed by atoms with van der Waals surface area (Å²) in [5.41, 5.74) is 0. The zero-order valence-corrected chi connectivity index (χ0v) is 11.7. The molecule has 0 bridgehead atoms. The van der Waals surface area contributed by atoms with Gasteiger partial charge in [-0.2, -0.15) is 0 Å². The Morgan fingerprint density at radius 1 is 1.33 bits per heavy atom. The van der Waals surface area contributed by atoms with Crippen LogP contribution in [0.2, 0.25) is 0 Å². The lowest BCUT2D eigenvalue weighted by molar-refractivity contribution is -0.145. The van der Waals surface area contributed by atoms with Gasteiger partial charge >= 0.3 is 5.97 Å². The van der Waals surface area contributed by atoms with Crippen molar-refractivity contribution in [3.8, 4) is 0 Å². The maximum Gasteiger partial charge on any atom is 0.308 e. The van der Waals surface area contributed by atoms with Crippen molar-refractivity contribution in [1.82, 2.24) is 4.90 Å². The third kappa shape index (κ3) is 4.67. The van der Waals surface area contributed by atoms with Crippen molar-refractivity contribution in [2.75, 3.05) is 13.1 Å². The van der Waals surface area contributed by atoms with Crippen LogP contribution in [0.15, 0.2) is 0 Å². The standard InChI is InChI=1S/C14H25NO3/c1-10(2)7-11(3)8-13(16)15-6-4-5-12(9-15)14(17)18/h10-12H,4-9H2,1-3H3,(H,17,18). The summed E-state index contributed by atoms with van der Waals surface area (Å²) in [4.78, 5) is 24.8. The first-order valence-corrected chi connectivity index (χ1v) is 6.90. The second-order valence-electron chi connectivity index (χ2n) is 5.96. The number of carboxylic acids is 1. The molecule has 1 saturated heterocycles. The monoisotopic (exact) mass is 255 g/mol. The highest BCUT2D eigenvalue weighted by molar-refractivity contribution is 5.78. The number of hydrogen-bond acceptors (Lipinski definition) is 2. The van der Waals surface area contributed by atoms with Gasteiger partial charge in [-0.05, 0) is 31.1 Å². The minimum atomic E-state index is -0.775. The Balaban J connectivity index is 2.43. The molecule has 1 N–H and O–H groups in total. The van der Waals surface area contributed by atoms with E-state index in [9.17, 15) is 9.59 Å². The third-order valence-electron chi connectivity index (χ3n) is 3.52. The second kappa shape index (κ2) is 6.76. The van der Waals surface area contributed by atoms with Gasteiger partial charge in [0.05, 0.1) is 5.92 Å². The number of carbonyl (C=O) groups is 2. The molecule has 4 nitrogen and oxygen atoms in total. The molecule has 1 aliphatic heterocycles. The van der Waals surface area contributed by atoms with E-state index in [1.165, 1.54) is 0 Å². The van der Waals surface area contributed by atoms with Crippen LogP contribution in [0.4, 0.5) is 0 Å². The number of likely N-dealkylation sites (tertiary alicyclic amines) is 1. The molecular formula is C14H25NO3. The predicted octanol–water partition coefficient (Wildman–Crippen LogP) is 2.38. The van der Waals surface area contributed by atoms with E-state index in [0.717, 1.165) is 19.4 Å². The van der Waals surface area contributed by atoms with Crippen molar-refractivity contribution in [2.45, 2.75) is 46.5 Å². The topological polar surface area (TPSA) is 57.6 Å². The molecule has 0 aromatic carbocycles. The summed E-state index contributed by atoms with van der Waals surface area (Å²) in [6.45, 7) is 7.51. The first-order chi connectivity index (χ1) is 8.40. The minimum absolute atomic E-state index is 0.120. The van der Waals surface area contributed by atoms with Crippen molar-refractivity contribution in [3.05, 3.63) is 0 Å². The highest BCUT2D eigenvalue weighted by Gasteiger charge is 2.28. The van der Waals surface area contributed by atoms with Crippen LogP contribution in [0.25, 0.3) is 0 Å². The minimum Gasteiger partial charge on any atom is -0.481 e. The van der Waals surface area contributed by atoms with E-state index in [2.05, 4.69) is 20.8 Å². The zero-order chi connectivity index (χ0) is 13.7. The van der Waals surface area contributed by atoms with Crippen LogP contribution in [0.5, 0.6) is 0 Å². The van der Waals surface area contributed by atoms with Crippen molar-refractivity contribution >= 4 is 11.9 Å². The molecular weight excluding hydrogens is 230 g/mol. The van der Waals surface area contributed by atoms with Crippen molar-refractivity contribution < 1.29 is 14.7 Å². The summed E-state index contributed by atoms with van der Waals surface area (Å²) in [7, 11) is 0. The normalized spacial score (nSPS) is 22.0. The summed E-state index contributed by atoms with van der Waals surface area (Å²) in [6, 6.07) is 0. The lowest BCUT2D eigenvalue weighted by atomic mass is 9.94. The highest BCUT2D eigenvalue weighted by Crippen LogP contribution is 2.20. The van der Waals surface area contributed by atoms with E-state index in [0.29, 0.717) is 31.2 Å². The fourth-order valence-corrected chi connectivity index (χ4v) is 2.72. The molecule has 0 aromatic rings. The Morgan fingerprint density at radius 2 is 2.00 bits per heavy atom. The van der Waals surface area contributed by atoms with Crippen LogP contribution in [0, 0.1) is 17.8 Å². The van der Waals surface area contributed by atoms with Gasteiger partial charge in [-0.15, -0.1) is 0 Å². The summed E-state index contributed by atoms with van der Waals surface area (Å²) in [6.07, 6.45) is 3.09. The number of rotatable bonds is 5. The Morgan fingerprint density at radius 3 is 2.56 bits per heavy atom. The summed E-state index contributed by atoms with van der Waals surface area (Å²) in [5.74, 6) is -0.0523. The van der Waals surface area contributed by atoms with E-state index >= 15 is 0 Å². The fraction of sp³-hybridized carbons (Fsp3) is 0.857. The van der Waals surface area contributed by atoms with Crippen molar-refractivity contribution in [1.29, 1.82) is 0 Å². The molecule has 1 amide bonds. The molecule has 1 rings (SSSR count). The quantitative estimate of drug-likeness (QED) is 0.820. The first-order valence-electron chi connectivity index (χ1n) is 6.90. The SMILES string of the molecule is CC(C)CC(C)CC(=O)N1CCCC(C(=O)O)C1. The fourth-order valence-electron chi connectivity index (χ4n) is 2.72. The molecule has 2 unspecified atom stereocenters. The van der Waals surface area contributed by atoms with Gasteiger partial charge in [0, 0.05) is 19.5 Å². The van der Waals surface area contributed by atoms with Crippen molar-refractivity contribution in [3.63, 3.8) is 0 Å². The summed E-state index contributed by atoms with van der Waals surface area (Å²) < 4.78 is 0. The molecule has 1 fully saturated rings. The number of hydrogen-bond donors (Lipinski definition) is 1. The molecule has 104 valence electrons. The summed E-state index contributed by atoms with van der Waals surface area (Å²) in [5, 5.41) is 9.00. The number of amides is 1. The molecule has 0 spiro atoms. The van der Waals surface area contributed by atoms with Gasteiger partial charge in [-0.25, -0.2) is 0 Å². The van der Waals surface area contributed by atoms with Crippen LogP contribution in [0.3, 0.4) is 0 Å². The van der Waals surface area contributed by atoms with Crippen LogP contribution >= 0.6 is 0 Å². The number of carbonyl (C=O) groups excluding carboxylic acids is 1. The molecule has 0 aromatic heterocycles. The van der Waals surface area contributed by atoms with E-state index in [1.807, 2.05) is 0 Å². The van der Waals surface area contributed by atoms with E-state index in [1.54, 1.807) is 4.90 Å². The molecule has 18 heavy (non-hydrogen) atoms. The lowest BCUT2D eigenvalue weighted by Crippen LogP contribution is -2.42. The Kier molecular flexibility index (Phi) is 5.63. The maximum atomic E-state index is 12.1. The van der Waals surface area contributed by atoms with E-state index in [-0.39, 0.29) is 11.8 Å². The van der Waals surface area contributed by atoms with E-state index in [4.69, 9.17) is 5.11 Å². The van der Waals surface area contributed by atoms with Gasteiger partial charge in [0.2, 0.25) is 5.91 Å². The van der Waals surface area contributed by atoms with Crippen LogP contribution in [-0.2, 0) is 9.59 Å². The summed E-state index contributed by atoms with van der Waals surface area (Å²) >= 11 is 0. The smallest absolute Gasteiger partial charge is 0.308 e. The Labute approximate surface area is 109 Å². The molecule has 1 heterocycles. The average Bonchev–Trinajstić information content (AvgIpc) is 2.27. The second-order valence-corrected chi connectivity index (χ2v) is 5.96. The largest absolute Gasteiger partial charge is 0.481 e. The van der Waals surface area contributed by atoms with E-state index < -0.39 is 5.97 Å². The van der Waals surface area contributed by atoms with Gasteiger partial charge in [0.1, 0.15) is 0 Å². The third-order valence-corrected chi connectivity index (χ3v) is 3.52. The molecule has 0 saturated carbocycles. The molecule has 0 radical (unpaired) electrons. The van der Waals surface area contributed by atoms with Gasteiger partial charge in [0.25, 0.3) is 0 Å². The predicted molar refractivity (Wildman–Crippen MR) is 70.2 cm³/mol. The number of piperidine rings is 1. The van der Waals surface area contributed by atoms with Gasteiger partial charge in [0.15, 0.2) is 0 Å². The number of nitrogens with zero attached hydrogens (tertiary/aromatic N) is 1. The molecule has 4 heteroatoms.